The fraction of sp³-hybridized carbons (Fsp3) is 0.500. The fourth-order valence-corrected chi connectivity index (χ4v) is 1.90. The molecule has 0 aliphatic heterocycles. The van der Waals surface area contributed by atoms with Crippen molar-refractivity contribution >= 4 is 11.6 Å². The highest BCUT2D eigenvalue weighted by atomic mass is 35.5. The van der Waals surface area contributed by atoms with Crippen LogP contribution in [0.4, 0.5) is 0 Å². The molecule has 1 aliphatic rings. The molecule has 0 aromatic heterocycles. The van der Waals surface area contributed by atoms with Gasteiger partial charge in [0.15, 0.2) is 0 Å². The number of hydrogen-bond acceptors (Lipinski definition) is 1. The monoisotopic (exact) mass is 209 g/mol. The van der Waals surface area contributed by atoms with Gasteiger partial charge in [0, 0.05) is 17.1 Å². The Morgan fingerprint density at radius 2 is 1.93 bits per heavy atom. The van der Waals surface area contributed by atoms with Crippen LogP contribution in [0.1, 0.15) is 37.8 Å². The van der Waals surface area contributed by atoms with E-state index in [-0.39, 0.29) is 0 Å². The van der Waals surface area contributed by atoms with Crippen molar-refractivity contribution in [2.75, 3.05) is 0 Å². The Morgan fingerprint density at radius 3 is 2.43 bits per heavy atom. The Kier molecular flexibility index (Phi) is 3.09. The van der Waals surface area contributed by atoms with Crippen molar-refractivity contribution < 1.29 is 0 Å². The van der Waals surface area contributed by atoms with E-state index in [9.17, 15) is 0 Å². The molecule has 0 saturated heterocycles. The van der Waals surface area contributed by atoms with Crippen LogP contribution in [-0.4, -0.2) is 6.04 Å². The van der Waals surface area contributed by atoms with E-state index < -0.39 is 0 Å². The van der Waals surface area contributed by atoms with Gasteiger partial charge in [-0.15, -0.1) is 0 Å². The third kappa shape index (κ3) is 2.28. The third-order valence-corrected chi connectivity index (χ3v) is 3.21. The van der Waals surface area contributed by atoms with Gasteiger partial charge in [-0.25, -0.2) is 0 Å². The standard InChI is InChI=1S/C12H16ClN/c1-9(14-12-3-2-4-12)10-5-7-11(13)8-6-10/h5-9,12,14H,2-4H2,1H3/t9-/m0/s1. The molecule has 1 aliphatic carbocycles. The summed E-state index contributed by atoms with van der Waals surface area (Å²) in [6, 6.07) is 9.28. The number of hydrogen-bond donors (Lipinski definition) is 1. The van der Waals surface area contributed by atoms with Crippen LogP contribution in [0.25, 0.3) is 0 Å². The van der Waals surface area contributed by atoms with E-state index in [1.165, 1.54) is 24.8 Å². The lowest BCUT2D eigenvalue weighted by atomic mass is 9.92. The average Bonchev–Trinajstić information content (AvgIpc) is 2.12. The van der Waals surface area contributed by atoms with Crippen LogP contribution < -0.4 is 5.32 Å². The fourth-order valence-electron chi connectivity index (χ4n) is 1.78. The number of benzene rings is 1. The Bertz CT molecular complexity index is 290. The lowest BCUT2D eigenvalue weighted by molar-refractivity contribution is 0.313. The van der Waals surface area contributed by atoms with Gasteiger partial charge in [-0.1, -0.05) is 30.2 Å². The summed E-state index contributed by atoms with van der Waals surface area (Å²) >= 11 is 5.84. The van der Waals surface area contributed by atoms with Gasteiger partial charge in [0.1, 0.15) is 0 Å². The van der Waals surface area contributed by atoms with Gasteiger partial charge >= 0.3 is 0 Å². The van der Waals surface area contributed by atoms with Crippen LogP contribution >= 0.6 is 11.6 Å². The molecular weight excluding hydrogens is 194 g/mol. The van der Waals surface area contributed by atoms with Crippen molar-refractivity contribution in [3.63, 3.8) is 0 Å². The first-order valence-electron chi connectivity index (χ1n) is 5.27. The van der Waals surface area contributed by atoms with Crippen LogP contribution in [0, 0.1) is 0 Å². The molecule has 0 amide bonds. The predicted molar refractivity (Wildman–Crippen MR) is 60.6 cm³/mol. The molecule has 0 unspecified atom stereocenters. The third-order valence-electron chi connectivity index (χ3n) is 2.96. The molecule has 1 nitrogen and oxygen atoms in total. The lowest BCUT2D eigenvalue weighted by Crippen LogP contribution is -2.36. The number of halogens is 1. The highest BCUT2D eigenvalue weighted by Crippen LogP contribution is 2.23. The van der Waals surface area contributed by atoms with E-state index in [0.29, 0.717) is 6.04 Å². The predicted octanol–water partition coefficient (Wildman–Crippen LogP) is 3.54. The van der Waals surface area contributed by atoms with Crippen molar-refractivity contribution in [3.05, 3.63) is 34.9 Å². The summed E-state index contributed by atoms with van der Waals surface area (Å²) < 4.78 is 0. The lowest BCUT2D eigenvalue weighted by Gasteiger charge is -2.30. The number of nitrogens with one attached hydrogen (secondary N) is 1. The van der Waals surface area contributed by atoms with Crippen LogP contribution in [0.5, 0.6) is 0 Å². The van der Waals surface area contributed by atoms with Crippen molar-refractivity contribution in [2.24, 2.45) is 0 Å². The van der Waals surface area contributed by atoms with Crippen molar-refractivity contribution in [2.45, 2.75) is 38.3 Å². The molecule has 0 radical (unpaired) electrons. The van der Waals surface area contributed by atoms with Gasteiger partial charge in [0.05, 0.1) is 0 Å². The SMILES string of the molecule is C[C@H](NC1CCC1)c1ccc(Cl)cc1. The Labute approximate surface area is 90.5 Å². The molecule has 0 spiro atoms. The Morgan fingerprint density at radius 1 is 1.29 bits per heavy atom. The highest BCUT2D eigenvalue weighted by Gasteiger charge is 2.19. The van der Waals surface area contributed by atoms with Gasteiger partial charge in [-0.2, -0.15) is 0 Å². The Balaban J connectivity index is 1.95. The molecule has 76 valence electrons. The van der Waals surface area contributed by atoms with Crippen LogP contribution in [-0.2, 0) is 0 Å². The zero-order chi connectivity index (χ0) is 9.97. The molecule has 0 bridgehead atoms. The maximum absolute atomic E-state index is 5.84. The topological polar surface area (TPSA) is 12.0 Å². The van der Waals surface area contributed by atoms with E-state index in [1.54, 1.807) is 0 Å². The summed E-state index contributed by atoms with van der Waals surface area (Å²) in [7, 11) is 0. The van der Waals surface area contributed by atoms with E-state index in [4.69, 9.17) is 11.6 Å². The summed E-state index contributed by atoms with van der Waals surface area (Å²) in [4.78, 5) is 0. The van der Waals surface area contributed by atoms with Crippen LogP contribution in [0.2, 0.25) is 5.02 Å². The molecule has 2 rings (SSSR count). The maximum atomic E-state index is 5.84. The molecule has 1 atom stereocenters. The van der Waals surface area contributed by atoms with E-state index in [0.717, 1.165) is 11.1 Å². The zero-order valence-electron chi connectivity index (χ0n) is 8.46. The maximum Gasteiger partial charge on any atom is 0.0406 e. The summed E-state index contributed by atoms with van der Waals surface area (Å²) in [6.45, 7) is 2.21. The first-order valence-corrected chi connectivity index (χ1v) is 5.65. The van der Waals surface area contributed by atoms with Gasteiger partial charge in [0.2, 0.25) is 0 Å². The second-order valence-electron chi connectivity index (χ2n) is 4.07. The molecule has 2 heteroatoms. The minimum Gasteiger partial charge on any atom is -0.307 e. The molecular formula is C12H16ClN. The first-order chi connectivity index (χ1) is 6.75. The summed E-state index contributed by atoms with van der Waals surface area (Å²) in [6.07, 6.45) is 4.04. The smallest absolute Gasteiger partial charge is 0.0406 e. The summed E-state index contributed by atoms with van der Waals surface area (Å²) in [5.41, 5.74) is 1.32. The van der Waals surface area contributed by atoms with Crippen molar-refractivity contribution in [1.29, 1.82) is 0 Å². The average molecular weight is 210 g/mol. The minimum atomic E-state index is 0.442. The van der Waals surface area contributed by atoms with Gasteiger partial charge < -0.3 is 5.32 Å². The Hall–Kier alpha value is -0.530. The summed E-state index contributed by atoms with van der Waals surface area (Å²) in [5, 5.41) is 4.42. The molecule has 1 fully saturated rings. The van der Waals surface area contributed by atoms with E-state index in [1.807, 2.05) is 12.1 Å². The molecule has 1 N–H and O–H groups in total. The number of rotatable bonds is 3. The molecule has 1 saturated carbocycles. The van der Waals surface area contributed by atoms with Gasteiger partial charge in [0.25, 0.3) is 0 Å². The zero-order valence-corrected chi connectivity index (χ0v) is 9.22. The normalized spacial score (nSPS) is 19.0. The minimum absolute atomic E-state index is 0.442. The van der Waals surface area contributed by atoms with E-state index >= 15 is 0 Å². The van der Waals surface area contributed by atoms with Crippen molar-refractivity contribution in [1.82, 2.24) is 5.32 Å². The second-order valence-corrected chi connectivity index (χ2v) is 4.50. The van der Waals surface area contributed by atoms with Gasteiger partial charge in [-0.05, 0) is 37.5 Å². The van der Waals surface area contributed by atoms with E-state index in [2.05, 4.69) is 24.4 Å². The quantitative estimate of drug-likeness (QED) is 0.803. The van der Waals surface area contributed by atoms with Gasteiger partial charge in [-0.3, -0.25) is 0 Å². The first kappa shape index (κ1) is 10.0. The van der Waals surface area contributed by atoms with Crippen LogP contribution in [0.3, 0.4) is 0 Å². The molecule has 1 aromatic rings. The van der Waals surface area contributed by atoms with Crippen LogP contribution in [0.15, 0.2) is 24.3 Å². The summed E-state index contributed by atoms with van der Waals surface area (Å²) in [5.74, 6) is 0. The molecule has 14 heavy (non-hydrogen) atoms. The highest BCUT2D eigenvalue weighted by molar-refractivity contribution is 6.30. The second kappa shape index (κ2) is 4.33. The molecule has 0 heterocycles. The largest absolute Gasteiger partial charge is 0.307 e. The van der Waals surface area contributed by atoms with Crippen molar-refractivity contribution in [3.8, 4) is 0 Å². The molecule has 1 aromatic carbocycles.